The van der Waals surface area contributed by atoms with E-state index in [1.807, 2.05) is 37.3 Å². The number of carbonyl (C=O) groups excluding carboxylic acids is 2. The Hall–Kier alpha value is -3.30. The first-order valence-corrected chi connectivity index (χ1v) is 12.2. The molecule has 0 saturated carbocycles. The molecule has 9 heteroatoms. The highest BCUT2D eigenvalue weighted by molar-refractivity contribution is 7.19. The number of nitrogens with zero attached hydrogens (tertiary/aromatic N) is 3. The molecule has 33 heavy (non-hydrogen) atoms. The van der Waals surface area contributed by atoms with E-state index in [0.717, 1.165) is 31.4 Å². The number of fused-ring (bicyclic) bond motifs is 1. The maximum Gasteiger partial charge on any atom is 0.325 e. The molecule has 3 heterocycles. The lowest BCUT2D eigenvalue weighted by molar-refractivity contribution is 0.0954. The zero-order valence-electron chi connectivity index (χ0n) is 17.9. The zero-order chi connectivity index (χ0) is 22.9. The first kappa shape index (κ1) is 21.5. The quantitative estimate of drug-likeness (QED) is 0.414. The van der Waals surface area contributed by atoms with E-state index in [4.69, 9.17) is 0 Å². The van der Waals surface area contributed by atoms with Gasteiger partial charge >= 0.3 is 6.03 Å². The van der Waals surface area contributed by atoms with E-state index < -0.39 is 0 Å². The molecule has 2 aromatic heterocycles. The fraction of sp³-hybridized carbons (Fsp3) is 0.208. The first-order chi connectivity index (χ1) is 16.0. The van der Waals surface area contributed by atoms with Gasteiger partial charge in [-0.05, 0) is 48.4 Å². The van der Waals surface area contributed by atoms with Gasteiger partial charge in [-0.1, -0.05) is 24.3 Å². The van der Waals surface area contributed by atoms with Gasteiger partial charge in [0.15, 0.2) is 0 Å². The standard InChI is InChI=1S/C24H21FN4O2S2/c1-15-12-21(29-11-10-28(24(29)31)14-16-6-8-17(25)9-7-16)33-22(15)23(30)26-13-20-27-18-4-2-3-5-19(18)32-20/h2-9,12H,10-11,13-14H2,1H3,(H,26,30). The monoisotopic (exact) mass is 480 g/mol. The summed E-state index contributed by atoms with van der Waals surface area (Å²) in [5.74, 6) is -0.464. The Balaban J connectivity index is 1.24. The number of para-hydroxylation sites is 1. The highest BCUT2D eigenvalue weighted by Gasteiger charge is 2.31. The molecule has 6 nitrogen and oxygen atoms in total. The van der Waals surface area contributed by atoms with Crippen molar-refractivity contribution in [1.82, 2.24) is 15.2 Å². The van der Waals surface area contributed by atoms with E-state index >= 15 is 0 Å². The van der Waals surface area contributed by atoms with Gasteiger partial charge in [0, 0.05) is 19.6 Å². The smallest absolute Gasteiger partial charge is 0.325 e. The predicted molar refractivity (Wildman–Crippen MR) is 129 cm³/mol. The van der Waals surface area contributed by atoms with Crippen LogP contribution in [0, 0.1) is 12.7 Å². The second-order valence-electron chi connectivity index (χ2n) is 7.84. The average Bonchev–Trinajstić information content (AvgIpc) is 3.50. The largest absolute Gasteiger partial charge is 0.345 e. The molecular weight excluding hydrogens is 459 g/mol. The molecule has 4 aromatic rings. The Morgan fingerprint density at radius 2 is 1.91 bits per heavy atom. The summed E-state index contributed by atoms with van der Waals surface area (Å²) in [6, 6.07) is 15.8. The van der Waals surface area contributed by atoms with Crippen molar-refractivity contribution in [2.24, 2.45) is 0 Å². The van der Waals surface area contributed by atoms with Crippen LogP contribution >= 0.6 is 22.7 Å². The van der Waals surface area contributed by atoms with Crippen molar-refractivity contribution in [3.8, 4) is 0 Å². The van der Waals surface area contributed by atoms with Crippen LogP contribution in [-0.4, -0.2) is 34.9 Å². The van der Waals surface area contributed by atoms with Gasteiger partial charge in [0.25, 0.3) is 5.91 Å². The number of thiophene rings is 1. The van der Waals surface area contributed by atoms with E-state index in [2.05, 4.69) is 10.3 Å². The lowest BCUT2D eigenvalue weighted by atomic mass is 10.2. The van der Waals surface area contributed by atoms with Gasteiger partial charge in [0.05, 0.1) is 21.6 Å². The third kappa shape index (κ3) is 4.46. The van der Waals surface area contributed by atoms with Crippen molar-refractivity contribution in [1.29, 1.82) is 0 Å². The number of halogens is 1. The Kier molecular flexibility index (Phi) is 5.82. The van der Waals surface area contributed by atoms with Crippen LogP contribution in [0.15, 0.2) is 54.6 Å². The van der Waals surface area contributed by atoms with Crippen LogP contribution in [-0.2, 0) is 13.1 Å². The van der Waals surface area contributed by atoms with Crippen molar-refractivity contribution in [2.45, 2.75) is 20.0 Å². The molecule has 3 amide bonds. The number of carbonyl (C=O) groups is 2. The van der Waals surface area contributed by atoms with Crippen molar-refractivity contribution < 1.29 is 14.0 Å². The van der Waals surface area contributed by atoms with Gasteiger partial charge in [-0.25, -0.2) is 14.2 Å². The number of rotatable bonds is 6. The topological polar surface area (TPSA) is 65.5 Å². The second-order valence-corrected chi connectivity index (χ2v) is 9.98. The molecule has 0 atom stereocenters. The number of aromatic nitrogens is 1. The number of anilines is 1. The molecule has 1 N–H and O–H groups in total. The number of nitrogens with one attached hydrogen (secondary N) is 1. The molecule has 0 radical (unpaired) electrons. The first-order valence-electron chi connectivity index (χ1n) is 10.5. The fourth-order valence-corrected chi connectivity index (χ4v) is 5.82. The lowest BCUT2D eigenvalue weighted by Crippen LogP contribution is -2.31. The van der Waals surface area contributed by atoms with Crippen LogP contribution < -0.4 is 10.2 Å². The second kappa shape index (κ2) is 8.92. The van der Waals surface area contributed by atoms with Gasteiger partial charge in [-0.2, -0.15) is 0 Å². The number of hydrogen-bond acceptors (Lipinski definition) is 5. The summed E-state index contributed by atoms with van der Waals surface area (Å²) in [5.41, 5.74) is 2.64. The molecule has 1 aliphatic heterocycles. The Bertz CT molecular complexity index is 1300. The molecule has 0 spiro atoms. The van der Waals surface area contributed by atoms with Crippen molar-refractivity contribution in [2.75, 3.05) is 18.0 Å². The zero-order valence-corrected chi connectivity index (χ0v) is 19.5. The summed E-state index contributed by atoms with van der Waals surface area (Å²) < 4.78 is 14.2. The average molecular weight is 481 g/mol. The Labute approximate surface area is 198 Å². The molecule has 0 bridgehead atoms. The summed E-state index contributed by atoms with van der Waals surface area (Å²) >= 11 is 2.88. The molecule has 168 valence electrons. The van der Waals surface area contributed by atoms with Crippen LogP contribution in [0.4, 0.5) is 14.2 Å². The summed E-state index contributed by atoms with van der Waals surface area (Å²) in [7, 11) is 0. The highest BCUT2D eigenvalue weighted by Crippen LogP contribution is 2.33. The number of thiazole rings is 1. The van der Waals surface area contributed by atoms with Crippen molar-refractivity contribution in [3.63, 3.8) is 0 Å². The van der Waals surface area contributed by atoms with Crippen LogP contribution in [0.1, 0.15) is 25.8 Å². The van der Waals surface area contributed by atoms with Crippen molar-refractivity contribution >= 4 is 49.8 Å². The van der Waals surface area contributed by atoms with E-state index in [-0.39, 0.29) is 17.8 Å². The normalized spacial score (nSPS) is 13.8. The molecule has 5 rings (SSSR count). The highest BCUT2D eigenvalue weighted by atomic mass is 32.1. The van der Waals surface area contributed by atoms with Crippen LogP contribution in [0.3, 0.4) is 0 Å². The molecule has 0 aliphatic carbocycles. The molecule has 2 aromatic carbocycles. The molecule has 0 unspecified atom stereocenters. The summed E-state index contributed by atoms with van der Waals surface area (Å²) in [5, 5.41) is 4.56. The van der Waals surface area contributed by atoms with Gasteiger partial charge in [0.1, 0.15) is 15.8 Å². The summed E-state index contributed by atoms with van der Waals surface area (Å²) in [4.78, 5) is 34.3. The minimum Gasteiger partial charge on any atom is -0.345 e. The SMILES string of the molecule is Cc1cc(N2CCN(Cc3ccc(F)cc3)C2=O)sc1C(=O)NCc1nc2ccccc2s1. The van der Waals surface area contributed by atoms with Crippen LogP contribution in [0.2, 0.25) is 0 Å². The fourth-order valence-electron chi connectivity index (χ4n) is 3.80. The predicted octanol–water partition coefficient (Wildman–Crippen LogP) is 5.18. The number of hydrogen-bond donors (Lipinski definition) is 1. The van der Waals surface area contributed by atoms with Crippen LogP contribution in [0.5, 0.6) is 0 Å². The molecule has 1 saturated heterocycles. The van der Waals surface area contributed by atoms with Gasteiger partial charge in [-0.15, -0.1) is 22.7 Å². The third-order valence-corrected chi connectivity index (χ3v) is 7.79. The molecule has 1 fully saturated rings. The van der Waals surface area contributed by atoms with Crippen LogP contribution in [0.25, 0.3) is 10.2 Å². The van der Waals surface area contributed by atoms with Gasteiger partial charge < -0.3 is 10.2 Å². The van der Waals surface area contributed by atoms with E-state index in [9.17, 15) is 14.0 Å². The maximum absolute atomic E-state index is 13.1. The number of aryl methyl sites for hydroxylation is 1. The molecular formula is C24H21FN4O2S2. The molecule has 1 aliphatic rings. The minimum atomic E-state index is -0.295. The van der Waals surface area contributed by atoms with E-state index in [0.29, 0.717) is 31.1 Å². The van der Waals surface area contributed by atoms with E-state index in [1.54, 1.807) is 33.3 Å². The van der Waals surface area contributed by atoms with Gasteiger partial charge in [0.2, 0.25) is 0 Å². The Morgan fingerprint density at radius 1 is 1.12 bits per heavy atom. The minimum absolute atomic E-state index is 0.109. The lowest BCUT2D eigenvalue weighted by Gasteiger charge is -2.17. The van der Waals surface area contributed by atoms with Crippen molar-refractivity contribution in [3.05, 3.63) is 81.4 Å². The maximum atomic E-state index is 13.1. The summed E-state index contributed by atoms with van der Waals surface area (Å²) in [6.07, 6.45) is 0. The third-order valence-electron chi connectivity index (χ3n) is 5.50. The van der Waals surface area contributed by atoms with E-state index in [1.165, 1.54) is 23.5 Å². The number of urea groups is 1. The summed E-state index contributed by atoms with van der Waals surface area (Å²) in [6.45, 7) is 3.79. The van der Waals surface area contributed by atoms with Gasteiger partial charge in [-0.3, -0.25) is 9.69 Å². The number of amides is 3. The Morgan fingerprint density at radius 3 is 2.70 bits per heavy atom. The number of benzene rings is 2.